The maximum Gasteiger partial charge on any atom is 0.0894 e. The summed E-state index contributed by atoms with van der Waals surface area (Å²) in [4.78, 5) is 0. The maximum atomic E-state index is 9.12. The zero-order valence-corrected chi connectivity index (χ0v) is 9.08. The molecule has 1 fully saturated rings. The van der Waals surface area contributed by atoms with Crippen LogP contribution in [-0.2, 0) is 0 Å². The van der Waals surface area contributed by atoms with Gasteiger partial charge in [0.15, 0.2) is 0 Å². The average molecular weight is 201 g/mol. The molecule has 14 heavy (non-hydrogen) atoms. The molecule has 0 unspecified atom stereocenters. The summed E-state index contributed by atoms with van der Waals surface area (Å²) in [6.45, 7) is 3.68. The van der Waals surface area contributed by atoms with E-state index in [2.05, 4.69) is 12.2 Å². The molecule has 3 heteroatoms. The van der Waals surface area contributed by atoms with Crippen LogP contribution in [0.3, 0.4) is 0 Å². The second-order valence-corrected chi connectivity index (χ2v) is 4.62. The third-order valence-electron chi connectivity index (χ3n) is 3.16. The van der Waals surface area contributed by atoms with E-state index in [0.717, 1.165) is 18.4 Å². The normalized spacial score (nSPS) is 30.2. The molecule has 1 rings (SSSR count). The highest BCUT2D eigenvalue weighted by Crippen LogP contribution is 2.27. The molecule has 1 aliphatic carbocycles. The smallest absolute Gasteiger partial charge is 0.0894 e. The Balaban J connectivity index is 2.02. The zero-order chi connectivity index (χ0) is 10.4. The first-order chi connectivity index (χ1) is 6.72. The van der Waals surface area contributed by atoms with E-state index in [0.29, 0.717) is 6.54 Å². The van der Waals surface area contributed by atoms with Crippen molar-refractivity contribution in [3.8, 4) is 0 Å². The van der Waals surface area contributed by atoms with Crippen LogP contribution >= 0.6 is 0 Å². The van der Waals surface area contributed by atoms with Gasteiger partial charge in [-0.25, -0.2) is 0 Å². The minimum atomic E-state index is -0.600. The summed E-state index contributed by atoms with van der Waals surface area (Å²) in [5, 5.41) is 20.9. The molecular weight excluding hydrogens is 178 g/mol. The summed E-state index contributed by atoms with van der Waals surface area (Å²) in [7, 11) is 0. The van der Waals surface area contributed by atoms with Crippen LogP contribution < -0.4 is 5.32 Å². The van der Waals surface area contributed by atoms with Crippen molar-refractivity contribution in [2.45, 2.75) is 38.7 Å². The summed E-state index contributed by atoms with van der Waals surface area (Å²) >= 11 is 0. The molecule has 0 saturated heterocycles. The first-order valence-electron chi connectivity index (χ1n) is 5.72. The first kappa shape index (κ1) is 12.0. The Morgan fingerprint density at radius 2 is 1.93 bits per heavy atom. The lowest BCUT2D eigenvalue weighted by Gasteiger charge is -2.26. The molecule has 0 aromatic rings. The lowest BCUT2D eigenvalue weighted by atomic mass is 9.83. The van der Waals surface area contributed by atoms with E-state index in [-0.39, 0.29) is 6.61 Å². The lowest BCUT2D eigenvalue weighted by molar-refractivity contribution is 0.0928. The van der Waals surface area contributed by atoms with Crippen molar-refractivity contribution in [1.29, 1.82) is 0 Å². The van der Waals surface area contributed by atoms with Crippen molar-refractivity contribution < 1.29 is 10.2 Å². The number of aliphatic hydroxyl groups is 2. The first-order valence-corrected chi connectivity index (χ1v) is 5.72. The fourth-order valence-electron chi connectivity index (χ4n) is 2.05. The van der Waals surface area contributed by atoms with Crippen molar-refractivity contribution in [1.82, 2.24) is 5.32 Å². The SMILES string of the molecule is CC1CCC(CNC[C@@H](O)CO)CC1. The van der Waals surface area contributed by atoms with Crippen LogP contribution in [0.1, 0.15) is 32.6 Å². The van der Waals surface area contributed by atoms with Gasteiger partial charge < -0.3 is 15.5 Å². The third-order valence-corrected chi connectivity index (χ3v) is 3.16. The monoisotopic (exact) mass is 201 g/mol. The van der Waals surface area contributed by atoms with Gasteiger partial charge in [0.05, 0.1) is 12.7 Å². The fourth-order valence-corrected chi connectivity index (χ4v) is 2.05. The Labute approximate surface area is 86.5 Å². The molecule has 1 atom stereocenters. The van der Waals surface area contributed by atoms with Crippen LogP contribution in [0.25, 0.3) is 0 Å². The molecular formula is C11H23NO2. The molecule has 0 aromatic heterocycles. The Morgan fingerprint density at radius 3 is 2.50 bits per heavy atom. The lowest BCUT2D eigenvalue weighted by Crippen LogP contribution is -2.33. The molecule has 0 amide bonds. The Morgan fingerprint density at radius 1 is 1.29 bits per heavy atom. The van der Waals surface area contributed by atoms with Crippen LogP contribution in [0, 0.1) is 11.8 Å². The van der Waals surface area contributed by atoms with Gasteiger partial charge in [-0.15, -0.1) is 0 Å². The number of rotatable bonds is 5. The van der Waals surface area contributed by atoms with Gasteiger partial charge in [0.1, 0.15) is 0 Å². The molecule has 0 heterocycles. The summed E-state index contributed by atoms with van der Waals surface area (Å²) < 4.78 is 0. The Bertz CT molecular complexity index is 144. The van der Waals surface area contributed by atoms with E-state index in [1.807, 2.05) is 0 Å². The standard InChI is InChI=1S/C11H23NO2/c1-9-2-4-10(5-3-9)6-12-7-11(14)8-13/h9-14H,2-8H2,1H3/t9?,10?,11-/m1/s1. The molecule has 0 bridgehead atoms. The van der Waals surface area contributed by atoms with E-state index < -0.39 is 6.10 Å². The molecule has 0 spiro atoms. The van der Waals surface area contributed by atoms with E-state index in [1.54, 1.807) is 0 Å². The van der Waals surface area contributed by atoms with Crippen molar-refractivity contribution in [3.63, 3.8) is 0 Å². The molecule has 84 valence electrons. The minimum absolute atomic E-state index is 0.144. The number of hydrogen-bond donors (Lipinski definition) is 3. The summed E-state index contributed by atoms with van der Waals surface area (Å²) in [6, 6.07) is 0. The van der Waals surface area contributed by atoms with E-state index in [9.17, 15) is 0 Å². The van der Waals surface area contributed by atoms with Crippen LogP contribution in [0.15, 0.2) is 0 Å². The quantitative estimate of drug-likeness (QED) is 0.615. The van der Waals surface area contributed by atoms with Crippen LogP contribution in [-0.4, -0.2) is 36.0 Å². The second kappa shape index (κ2) is 6.38. The highest BCUT2D eigenvalue weighted by molar-refractivity contribution is 4.72. The molecule has 1 aliphatic rings. The van der Waals surface area contributed by atoms with Crippen LogP contribution in [0.2, 0.25) is 0 Å². The number of aliphatic hydroxyl groups excluding tert-OH is 2. The van der Waals surface area contributed by atoms with Crippen molar-refractivity contribution >= 4 is 0 Å². The third kappa shape index (κ3) is 4.40. The minimum Gasteiger partial charge on any atom is -0.394 e. The van der Waals surface area contributed by atoms with Crippen LogP contribution in [0.5, 0.6) is 0 Å². The Hall–Kier alpha value is -0.120. The maximum absolute atomic E-state index is 9.12. The molecule has 1 saturated carbocycles. The van der Waals surface area contributed by atoms with Gasteiger partial charge in [-0.3, -0.25) is 0 Å². The predicted molar refractivity (Wildman–Crippen MR) is 57.1 cm³/mol. The van der Waals surface area contributed by atoms with E-state index >= 15 is 0 Å². The Kier molecular flexibility index (Phi) is 5.45. The topological polar surface area (TPSA) is 52.5 Å². The van der Waals surface area contributed by atoms with Gasteiger partial charge in [0.25, 0.3) is 0 Å². The predicted octanol–water partition coefficient (Wildman–Crippen LogP) is 0.755. The van der Waals surface area contributed by atoms with Gasteiger partial charge in [-0.2, -0.15) is 0 Å². The van der Waals surface area contributed by atoms with Crippen molar-refractivity contribution in [2.75, 3.05) is 19.7 Å². The summed E-state index contributed by atoms with van der Waals surface area (Å²) in [5.41, 5.74) is 0. The van der Waals surface area contributed by atoms with Gasteiger partial charge in [0, 0.05) is 6.54 Å². The largest absolute Gasteiger partial charge is 0.394 e. The van der Waals surface area contributed by atoms with E-state index in [1.165, 1.54) is 25.7 Å². The zero-order valence-electron chi connectivity index (χ0n) is 9.08. The van der Waals surface area contributed by atoms with Gasteiger partial charge >= 0.3 is 0 Å². The summed E-state index contributed by atoms with van der Waals surface area (Å²) in [6.07, 6.45) is 4.70. The molecule has 0 radical (unpaired) electrons. The average Bonchev–Trinajstić information content (AvgIpc) is 2.21. The molecule has 0 aliphatic heterocycles. The van der Waals surface area contributed by atoms with Crippen molar-refractivity contribution in [3.05, 3.63) is 0 Å². The number of hydrogen-bond acceptors (Lipinski definition) is 3. The van der Waals surface area contributed by atoms with Crippen molar-refractivity contribution in [2.24, 2.45) is 11.8 Å². The van der Waals surface area contributed by atoms with Gasteiger partial charge in [-0.05, 0) is 31.2 Å². The summed E-state index contributed by atoms with van der Waals surface area (Å²) in [5.74, 6) is 1.67. The van der Waals surface area contributed by atoms with Crippen LogP contribution in [0.4, 0.5) is 0 Å². The second-order valence-electron chi connectivity index (χ2n) is 4.62. The van der Waals surface area contributed by atoms with Gasteiger partial charge in [-0.1, -0.05) is 19.8 Å². The highest BCUT2D eigenvalue weighted by Gasteiger charge is 2.17. The highest BCUT2D eigenvalue weighted by atomic mass is 16.3. The molecule has 3 N–H and O–H groups in total. The van der Waals surface area contributed by atoms with Gasteiger partial charge in [0.2, 0.25) is 0 Å². The molecule has 0 aromatic carbocycles. The molecule has 3 nitrogen and oxygen atoms in total. The number of nitrogens with one attached hydrogen (secondary N) is 1. The fraction of sp³-hybridized carbons (Fsp3) is 1.00. The van der Waals surface area contributed by atoms with E-state index in [4.69, 9.17) is 10.2 Å².